The van der Waals surface area contributed by atoms with Crippen LogP contribution in [0.15, 0.2) is 23.0 Å². The van der Waals surface area contributed by atoms with Crippen molar-refractivity contribution in [3.05, 3.63) is 44.8 Å². The van der Waals surface area contributed by atoms with Gasteiger partial charge in [0.15, 0.2) is 0 Å². The lowest BCUT2D eigenvalue weighted by molar-refractivity contribution is -0.113. The molecule has 0 fully saturated rings. The number of rotatable bonds is 7. The van der Waals surface area contributed by atoms with Gasteiger partial charge in [0.25, 0.3) is 5.56 Å². The van der Waals surface area contributed by atoms with Gasteiger partial charge in [0, 0.05) is 10.9 Å². The van der Waals surface area contributed by atoms with Crippen LogP contribution >= 0.6 is 23.1 Å². The van der Waals surface area contributed by atoms with Crippen LogP contribution in [0.5, 0.6) is 11.5 Å². The number of anilines is 1. The first-order valence-electron chi connectivity index (χ1n) is 9.72. The Kier molecular flexibility index (Phi) is 6.29. The molecule has 0 radical (unpaired) electrons. The number of methoxy groups -OCH3 is 2. The maximum absolute atomic E-state index is 12.6. The van der Waals surface area contributed by atoms with Crippen molar-refractivity contribution in [3.8, 4) is 11.5 Å². The Morgan fingerprint density at radius 1 is 1.27 bits per heavy atom. The molecule has 1 aliphatic carbocycles. The number of aromatic amines is 1. The predicted octanol–water partition coefficient (Wildman–Crippen LogP) is 3.75. The number of benzene rings is 1. The van der Waals surface area contributed by atoms with E-state index in [2.05, 4.69) is 15.3 Å². The number of amides is 1. The minimum Gasteiger partial charge on any atom is -0.497 e. The number of nitrogens with one attached hydrogen (secondary N) is 2. The molecule has 2 aromatic heterocycles. The lowest BCUT2D eigenvalue weighted by Crippen LogP contribution is -2.16. The van der Waals surface area contributed by atoms with Crippen molar-refractivity contribution in [2.45, 2.75) is 31.4 Å². The minimum absolute atomic E-state index is 0.0672. The third kappa shape index (κ3) is 4.32. The first-order valence-corrected chi connectivity index (χ1v) is 11.7. The van der Waals surface area contributed by atoms with Crippen molar-refractivity contribution >= 4 is 44.9 Å². The van der Waals surface area contributed by atoms with Gasteiger partial charge in [0.05, 0.1) is 36.8 Å². The lowest BCUT2D eigenvalue weighted by Gasteiger charge is -2.11. The summed E-state index contributed by atoms with van der Waals surface area (Å²) in [4.78, 5) is 34.6. The van der Waals surface area contributed by atoms with E-state index in [-0.39, 0.29) is 17.2 Å². The predicted molar refractivity (Wildman–Crippen MR) is 121 cm³/mol. The van der Waals surface area contributed by atoms with Gasteiger partial charge in [-0.25, -0.2) is 4.98 Å². The first-order chi connectivity index (χ1) is 14.6. The third-order valence-electron chi connectivity index (χ3n) is 5.03. The smallest absolute Gasteiger partial charge is 0.259 e. The molecule has 9 heteroatoms. The molecule has 30 heavy (non-hydrogen) atoms. The topological polar surface area (TPSA) is 93.3 Å². The molecule has 0 aliphatic heterocycles. The maximum atomic E-state index is 12.6. The van der Waals surface area contributed by atoms with Gasteiger partial charge in [-0.3, -0.25) is 9.59 Å². The quantitative estimate of drug-likeness (QED) is 0.575. The highest BCUT2D eigenvalue weighted by molar-refractivity contribution is 7.99. The van der Waals surface area contributed by atoms with Crippen LogP contribution in [0.3, 0.4) is 0 Å². The molecule has 1 aromatic carbocycles. The van der Waals surface area contributed by atoms with Crippen molar-refractivity contribution in [2.24, 2.45) is 0 Å². The highest BCUT2D eigenvalue weighted by Gasteiger charge is 2.19. The van der Waals surface area contributed by atoms with Crippen LogP contribution in [0, 0.1) is 0 Å². The fourth-order valence-electron chi connectivity index (χ4n) is 3.61. The number of hydrogen-bond donors (Lipinski definition) is 2. The summed E-state index contributed by atoms with van der Waals surface area (Å²) in [7, 11) is 3.12. The van der Waals surface area contributed by atoms with E-state index >= 15 is 0 Å². The number of thiophene rings is 1. The van der Waals surface area contributed by atoms with E-state index < -0.39 is 0 Å². The highest BCUT2D eigenvalue weighted by atomic mass is 32.2. The van der Waals surface area contributed by atoms with Crippen molar-refractivity contribution in [1.29, 1.82) is 0 Å². The van der Waals surface area contributed by atoms with Gasteiger partial charge < -0.3 is 19.8 Å². The Morgan fingerprint density at radius 2 is 2.10 bits per heavy atom. The van der Waals surface area contributed by atoms with Crippen molar-refractivity contribution < 1.29 is 14.3 Å². The Bertz CT molecular complexity index is 1140. The Morgan fingerprint density at radius 3 is 2.90 bits per heavy atom. The molecule has 7 nitrogen and oxygen atoms in total. The number of fused-ring (bicyclic) bond motifs is 3. The van der Waals surface area contributed by atoms with Crippen molar-refractivity contribution in [1.82, 2.24) is 9.97 Å². The molecule has 1 aliphatic rings. The van der Waals surface area contributed by atoms with Crippen LogP contribution < -0.4 is 20.3 Å². The van der Waals surface area contributed by atoms with Gasteiger partial charge in [-0.1, -0.05) is 0 Å². The Balaban J connectivity index is 1.39. The first kappa shape index (κ1) is 20.7. The van der Waals surface area contributed by atoms with Crippen LogP contribution in [-0.4, -0.2) is 35.8 Å². The van der Waals surface area contributed by atoms with E-state index in [9.17, 15) is 9.59 Å². The summed E-state index contributed by atoms with van der Waals surface area (Å²) in [5.41, 5.74) is 1.70. The zero-order chi connectivity index (χ0) is 21.1. The van der Waals surface area contributed by atoms with Gasteiger partial charge in [0.2, 0.25) is 5.91 Å². The number of carbonyl (C=O) groups excluding carboxylic acids is 1. The molecule has 0 saturated heterocycles. The summed E-state index contributed by atoms with van der Waals surface area (Å²) in [6.07, 6.45) is 4.30. The molecule has 2 heterocycles. The van der Waals surface area contributed by atoms with Crippen LogP contribution in [0.25, 0.3) is 10.2 Å². The highest BCUT2D eigenvalue weighted by Crippen LogP contribution is 2.33. The van der Waals surface area contributed by atoms with Crippen molar-refractivity contribution in [2.75, 3.05) is 25.3 Å². The largest absolute Gasteiger partial charge is 0.497 e. The molecule has 0 bridgehead atoms. The molecule has 158 valence electrons. The van der Waals surface area contributed by atoms with E-state index in [1.807, 2.05) is 0 Å². The monoisotopic (exact) mass is 445 g/mol. The second-order valence-electron chi connectivity index (χ2n) is 7.01. The minimum atomic E-state index is -0.154. The van der Waals surface area contributed by atoms with Gasteiger partial charge in [-0.05, 0) is 43.4 Å². The second-order valence-corrected chi connectivity index (χ2v) is 9.08. The zero-order valence-electron chi connectivity index (χ0n) is 16.9. The Hall–Kier alpha value is -2.52. The number of aryl methyl sites for hydroxylation is 2. The van der Waals surface area contributed by atoms with E-state index in [0.29, 0.717) is 28.8 Å². The summed E-state index contributed by atoms with van der Waals surface area (Å²) in [6.45, 7) is 0. The number of H-pyrrole nitrogens is 1. The molecule has 0 atom stereocenters. The SMILES string of the molecule is COc1ccc(NC(=O)CSCc2nc3sc4c(c3c(=O)[nH]2)CCCC4)c(OC)c1. The molecular weight excluding hydrogens is 422 g/mol. The second kappa shape index (κ2) is 9.09. The fourth-order valence-corrected chi connectivity index (χ4v) is 5.58. The number of nitrogens with zero attached hydrogens (tertiary/aromatic N) is 1. The van der Waals surface area contributed by atoms with Crippen LogP contribution in [0.2, 0.25) is 0 Å². The van der Waals surface area contributed by atoms with Gasteiger partial charge in [0.1, 0.15) is 22.2 Å². The molecule has 0 unspecified atom stereocenters. The summed E-state index contributed by atoms with van der Waals surface area (Å²) in [6, 6.07) is 5.22. The maximum Gasteiger partial charge on any atom is 0.259 e. The van der Waals surface area contributed by atoms with E-state index in [1.54, 1.807) is 43.8 Å². The van der Waals surface area contributed by atoms with Gasteiger partial charge in [-0.2, -0.15) is 0 Å². The average molecular weight is 446 g/mol. The summed E-state index contributed by atoms with van der Waals surface area (Å²) >= 11 is 3.03. The molecule has 4 rings (SSSR count). The normalized spacial score (nSPS) is 13.1. The number of thioether (sulfide) groups is 1. The average Bonchev–Trinajstić information content (AvgIpc) is 3.13. The third-order valence-corrected chi connectivity index (χ3v) is 7.16. The van der Waals surface area contributed by atoms with Crippen LogP contribution in [0.1, 0.15) is 29.1 Å². The number of hydrogen-bond acceptors (Lipinski definition) is 7. The summed E-state index contributed by atoms with van der Waals surface area (Å²) in [5, 5.41) is 3.60. The fraction of sp³-hybridized carbons (Fsp3) is 0.381. The molecule has 1 amide bonds. The van der Waals surface area contributed by atoms with E-state index in [4.69, 9.17) is 9.47 Å². The molecule has 0 spiro atoms. The summed E-state index contributed by atoms with van der Waals surface area (Å²) in [5.74, 6) is 2.33. The van der Waals surface area contributed by atoms with Gasteiger partial charge in [-0.15, -0.1) is 23.1 Å². The zero-order valence-corrected chi connectivity index (χ0v) is 18.5. The standard InChI is InChI=1S/C21H23N3O4S2/c1-27-12-7-8-14(15(9-12)28-2)22-18(25)11-29-10-17-23-20(26)19-13-5-3-4-6-16(13)30-21(19)24-17/h7-9H,3-6,10-11H2,1-2H3,(H,22,25)(H,23,24,26). The van der Waals surface area contributed by atoms with E-state index in [1.165, 1.54) is 28.6 Å². The molecular formula is C21H23N3O4S2. The Labute approximate surface area is 182 Å². The van der Waals surface area contributed by atoms with Crippen molar-refractivity contribution in [3.63, 3.8) is 0 Å². The number of aromatic nitrogens is 2. The van der Waals surface area contributed by atoms with Gasteiger partial charge >= 0.3 is 0 Å². The lowest BCUT2D eigenvalue weighted by atomic mass is 9.97. The number of carbonyl (C=O) groups is 1. The van der Waals surface area contributed by atoms with Crippen LogP contribution in [-0.2, 0) is 23.4 Å². The molecule has 3 aromatic rings. The van der Waals surface area contributed by atoms with E-state index in [0.717, 1.165) is 29.5 Å². The van der Waals surface area contributed by atoms with Crippen LogP contribution in [0.4, 0.5) is 5.69 Å². The number of ether oxygens (including phenoxy) is 2. The molecule has 0 saturated carbocycles. The summed E-state index contributed by atoms with van der Waals surface area (Å²) < 4.78 is 10.5. The molecule has 2 N–H and O–H groups in total.